The van der Waals surface area contributed by atoms with Crippen LogP contribution in [0.4, 0.5) is 0 Å². The van der Waals surface area contributed by atoms with Crippen LogP contribution in [0.5, 0.6) is 5.75 Å². The second kappa shape index (κ2) is 6.18. The first kappa shape index (κ1) is 13.9. The first-order chi connectivity index (χ1) is 10.2. The first-order valence-corrected chi connectivity index (χ1v) is 7.53. The molecular weight excluding hydrogens is 266 g/mol. The van der Waals surface area contributed by atoms with Crippen LogP contribution in [0.3, 0.4) is 0 Å². The van der Waals surface area contributed by atoms with E-state index < -0.39 is 0 Å². The summed E-state index contributed by atoms with van der Waals surface area (Å²) in [6.07, 6.45) is 5.75. The number of nitrogens with one attached hydrogen (secondary N) is 1. The Balaban J connectivity index is 1.69. The monoisotopic (exact) mass is 287 g/mol. The number of phenolic OH excluding ortho intramolecular Hbond substituents is 1. The summed E-state index contributed by atoms with van der Waals surface area (Å²) in [5, 5.41) is 12.2. The van der Waals surface area contributed by atoms with Gasteiger partial charge in [0.2, 0.25) is 0 Å². The summed E-state index contributed by atoms with van der Waals surface area (Å²) >= 11 is 0. The lowest BCUT2D eigenvalue weighted by Gasteiger charge is -2.26. The summed E-state index contributed by atoms with van der Waals surface area (Å²) in [4.78, 5) is 14.5. The zero-order chi connectivity index (χ0) is 14.7. The highest BCUT2D eigenvalue weighted by Crippen LogP contribution is 2.18. The lowest BCUT2D eigenvalue weighted by atomic mass is 10.1. The smallest absolute Gasteiger partial charge is 0.271 e. The second-order valence-electron chi connectivity index (χ2n) is 5.63. The molecule has 0 atom stereocenters. The second-order valence-corrected chi connectivity index (χ2v) is 5.63. The lowest BCUT2D eigenvalue weighted by molar-refractivity contribution is 0.218. The molecule has 3 rings (SSSR count). The Morgan fingerprint density at radius 2 is 1.76 bits per heavy atom. The van der Waals surface area contributed by atoms with Crippen molar-refractivity contribution >= 4 is 0 Å². The predicted octanol–water partition coefficient (Wildman–Crippen LogP) is 2.03. The Morgan fingerprint density at radius 1 is 1.05 bits per heavy atom. The van der Waals surface area contributed by atoms with Crippen molar-refractivity contribution in [2.45, 2.75) is 25.8 Å². The van der Waals surface area contributed by atoms with E-state index in [-0.39, 0.29) is 11.3 Å². The van der Waals surface area contributed by atoms with E-state index in [1.807, 2.05) is 10.9 Å². The van der Waals surface area contributed by atoms with Gasteiger partial charge in [-0.15, -0.1) is 0 Å². The van der Waals surface area contributed by atoms with Crippen molar-refractivity contribution in [2.24, 2.45) is 0 Å². The van der Waals surface area contributed by atoms with E-state index in [0.717, 1.165) is 31.7 Å². The molecule has 5 nitrogen and oxygen atoms in total. The molecule has 0 amide bonds. The van der Waals surface area contributed by atoms with Gasteiger partial charge in [0.25, 0.3) is 5.56 Å². The maximum Gasteiger partial charge on any atom is 0.271 e. The van der Waals surface area contributed by atoms with Crippen molar-refractivity contribution in [1.29, 1.82) is 0 Å². The summed E-state index contributed by atoms with van der Waals surface area (Å²) in [5.74, 6) is 0.208. The number of aromatic nitrogens is 2. The van der Waals surface area contributed by atoms with Crippen LogP contribution in [0, 0.1) is 0 Å². The van der Waals surface area contributed by atoms with Crippen molar-refractivity contribution in [3.05, 3.63) is 40.8 Å². The highest BCUT2D eigenvalue weighted by molar-refractivity contribution is 5.62. The van der Waals surface area contributed by atoms with E-state index in [0.29, 0.717) is 5.56 Å². The summed E-state index contributed by atoms with van der Waals surface area (Å²) in [5.41, 5.74) is 1.39. The van der Waals surface area contributed by atoms with Crippen LogP contribution in [0.15, 0.2) is 35.3 Å². The average Bonchev–Trinajstić information content (AvgIpc) is 2.88. The van der Waals surface area contributed by atoms with Gasteiger partial charge in [0.15, 0.2) is 0 Å². The van der Waals surface area contributed by atoms with Crippen LogP contribution in [0.2, 0.25) is 0 Å². The van der Waals surface area contributed by atoms with Crippen molar-refractivity contribution in [3.8, 4) is 16.9 Å². The fraction of sp³-hybridized carbons (Fsp3) is 0.438. The van der Waals surface area contributed by atoms with Crippen LogP contribution in [-0.4, -0.2) is 39.4 Å². The number of phenols is 1. The molecule has 21 heavy (non-hydrogen) atoms. The average molecular weight is 287 g/mol. The molecule has 1 aromatic heterocycles. The van der Waals surface area contributed by atoms with Crippen LogP contribution in [0.1, 0.15) is 19.3 Å². The Morgan fingerprint density at radius 3 is 2.48 bits per heavy atom. The minimum absolute atomic E-state index is 0.0840. The molecule has 1 fully saturated rings. The summed E-state index contributed by atoms with van der Waals surface area (Å²) < 4.78 is 1.86. The fourth-order valence-electron chi connectivity index (χ4n) is 2.84. The minimum atomic E-state index is -0.0840. The van der Waals surface area contributed by atoms with Crippen molar-refractivity contribution in [3.63, 3.8) is 0 Å². The van der Waals surface area contributed by atoms with Gasteiger partial charge in [0.05, 0.1) is 12.1 Å². The van der Waals surface area contributed by atoms with Gasteiger partial charge in [-0.1, -0.05) is 18.6 Å². The zero-order valence-electron chi connectivity index (χ0n) is 12.1. The number of hydrogen-bond donors (Lipinski definition) is 2. The molecule has 2 N–H and O–H groups in total. The van der Waals surface area contributed by atoms with E-state index in [1.54, 1.807) is 24.3 Å². The summed E-state index contributed by atoms with van der Waals surface area (Å²) in [7, 11) is 0. The third-order valence-corrected chi connectivity index (χ3v) is 4.06. The minimum Gasteiger partial charge on any atom is -0.508 e. The van der Waals surface area contributed by atoms with E-state index >= 15 is 0 Å². The maximum atomic E-state index is 12.0. The van der Waals surface area contributed by atoms with Gasteiger partial charge in [-0.2, -0.15) is 0 Å². The quantitative estimate of drug-likeness (QED) is 0.904. The Hall–Kier alpha value is -2.01. The molecule has 2 heterocycles. The topological polar surface area (TPSA) is 61.3 Å². The van der Waals surface area contributed by atoms with E-state index in [1.165, 1.54) is 19.3 Å². The third kappa shape index (κ3) is 3.36. The van der Waals surface area contributed by atoms with Crippen molar-refractivity contribution in [1.82, 2.24) is 14.7 Å². The molecule has 1 aliphatic heterocycles. The zero-order valence-corrected chi connectivity index (χ0v) is 12.1. The van der Waals surface area contributed by atoms with E-state index in [2.05, 4.69) is 10.00 Å². The number of aromatic hydroxyl groups is 1. The first-order valence-electron chi connectivity index (χ1n) is 7.53. The highest BCUT2D eigenvalue weighted by atomic mass is 16.3. The highest BCUT2D eigenvalue weighted by Gasteiger charge is 2.11. The van der Waals surface area contributed by atoms with Gasteiger partial charge in [-0.3, -0.25) is 14.6 Å². The molecule has 2 aromatic rings. The molecule has 5 heteroatoms. The number of benzene rings is 1. The largest absolute Gasteiger partial charge is 0.508 e. The van der Waals surface area contributed by atoms with Crippen LogP contribution < -0.4 is 5.56 Å². The standard InChI is InChI=1S/C16H21N3O2/c20-14-6-4-13(5-7-14)15-12-19(17-16(15)21)11-10-18-8-2-1-3-9-18/h4-7,12,20H,1-3,8-11H2,(H,17,21). The maximum absolute atomic E-state index is 12.0. The molecule has 1 aliphatic rings. The van der Waals surface area contributed by atoms with E-state index in [4.69, 9.17) is 0 Å². The van der Waals surface area contributed by atoms with Gasteiger partial charge >= 0.3 is 0 Å². The SMILES string of the molecule is O=c1[nH]n(CCN2CCCCC2)cc1-c1ccc(O)cc1. The Bertz CT molecular complexity index is 636. The predicted molar refractivity (Wildman–Crippen MR) is 82.4 cm³/mol. The van der Waals surface area contributed by atoms with E-state index in [9.17, 15) is 9.90 Å². The molecule has 0 spiro atoms. The molecule has 0 saturated carbocycles. The number of hydrogen-bond acceptors (Lipinski definition) is 3. The molecule has 0 radical (unpaired) electrons. The number of nitrogens with zero attached hydrogens (tertiary/aromatic N) is 2. The number of piperidine rings is 1. The number of aromatic amines is 1. The van der Waals surface area contributed by atoms with Crippen LogP contribution >= 0.6 is 0 Å². The molecule has 0 bridgehead atoms. The fourth-order valence-corrected chi connectivity index (χ4v) is 2.84. The van der Waals surface area contributed by atoms with Gasteiger partial charge in [0, 0.05) is 12.7 Å². The number of likely N-dealkylation sites (tertiary alicyclic amines) is 1. The summed E-state index contributed by atoms with van der Waals surface area (Å²) in [6, 6.07) is 6.71. The third-order valence-electron chi connectivity index (χ3n) is 4.06. The molecular formula is C16H21N3O2. The van der Waals surface area contributed by atoms with Crippen LogP contribution in [-0.2, 0) is 6.54 Å². The summed E-state index contributed by atoms with van der Waals surface area (Å²) in [6.45, 7) is 4.10. The molecule has 1 saturated heterocycles. The molecule has 0 aliphatic carbocycles. The lowest BCUT2D eigenvalue weighted by Crippen LogP contribution is -2.32. The van der Waals surface area contributed by atoms with Crippen molar-refractivity contribution in [2.75, 3.05) is 19.6 Å². The Kier molecular flexibility index (Phi) is 4.10. The normalized spacial score (nSPS) is 16.2. The van der Waals surface area contributed by atoms with Crippen LogP contribution in [0.25, 0.3) is 11.1 Å². The number of H-pyrrole nitrogens is 1. The molecule has 112 valence electrons. The Labute approximate surface area is 123 Å². The van der Waals surface area contributed by atoms with Gasteiger partial charge in [-0.05, 0) is 43.6 Å². The van der Waals surface area contributed by atoms with Crippen molar-refractivity contribution < 1.29 is 5.11 Å². The van der Waals surface area contributed by atoms with Gasteiger partial charge < -0.3 is 10.0 Å². The number of rotatable bonds is 4. The van der Waals surface area contributed by atoms with Gasteiger partial charge in [0.1, 0.15) is 5.75 Å². The molecule has 1 aromatic carbocycles. The molecule has 0 unspecified atom stereocenters. The van der Waals surface area contributed by atoms with Gasteiger partial charge in [-0.25, -0.2) is 0 Å².